The van der Waals surface area contributed by atoms with Crippen molar-refractivity contribution in [3.05, 3.63) is 150 Å². The van der Waals surface area contributed by atoms with E-state index in [9.17, 15) is 0 Å². The lowest BCUT2D eigenvalue weighted by atomic mass is 9.83. The molecule has 1 atom stereocenters. The number of anilines is 3. The van der Waals surface area contributed by atoms with Gasteiger partial charge in [0.05, 0.1) is 11.4 Å². The van der Waals surface area contributed by atoms with E-state index in [1.54, 1.807) is 0 Å². The van der Waals surface area contributed by atoms with Crippen LogP contribution in [0.15, 0.2) is 133 Å². The number of nitrogens with zero attached hydrogens (tertiary/aromatic N) is 1. The van der Waals surface area contributed by atoms with Crippen molar-refractivity contribution < 1.29 is 9.47 Å². The van der Waals surface area contributed by atoms with Crippen LogP contribution in [-0.4, -0.2) is 8.07 Å². The van der Waals surface area contributed by atoms with Crippen molar-refractivity contribution in [1.29, 1.82) is 0 Å². The van der Waals surface area contributed by atoms with Gasteiger partial charge in [0, 0.05) is 43.8 Å². The number of ether oxygens (including phenoxy) is 2. The molecule has 4 aliphatic rings. The van der Waals surface area contributed by atoms with Crippen LogP contribution in [0.5, 0.6) is 23.0 Å². The van der Waals surface area contributed by atoms with Crippen LogP contribution < -0.4 is 35.1 Å². The van der Waals surface area contributed by atoms with Gasteiger partial charge in [-0.1, -0.05) is 136 Å². The molecule has 12 rings (SSSR count). The summed E-state index contributed by atoms with van der Waals surface area (Å²) < 4.78 is 14.8. The SMILES string of the molecule is CC(C)(C)c1ccc2c(c1)Cc1c3c4c(c5ccccc15)Oc1c5c(cc6ccccc16)Oc1c(c(cc6ccccc16)N23)[Si]54c1ccccc1. The molecular weight excluding hydrogens is 639 g/mol. The lowest BCUT2D eigenvalue weighted by Gasteiger charge is -2.52. The summed E-state index contributed by atoms with van der Waals surface area (Å²) >= 11 is 0. The molecule has 0 radical (unpaired) electrons. The first-order valence-electron chi connectivity index (χ1n) is 18.0. The number of hydrogen-bond acceptors (Lipinski definition) is 3. The quantitative estimate of drug-likeness (QED) is 0.162. The normalized spacial score (nSPS) is 17.2. The summed E-state index contributed by atoms with van der Waals surface area (Å²) in [6.45, 7) is 6.93. The van der Waals surface area contributed by atoms with Gasteiger partial charge in [-0.25, -0.2) is 0 Å². The third kappa shape index (κ3) is 3.30. The molecule has 0 aromatic heterocycles. The maximum atomic E-state index is 7.46. The Hall–Kier alpha value is -5.84. The maximum Gasteiger partial charge on any atom is 0.202 e. The topological polar surface area (TPSA) is 21.7 Å². The van der Waals surface area contributed by atoms with Crippen molar-refractivity contribution in [3.63, 3.8) is 0 Å². The zero-order chi connectivity index (χ0) is 33.8. The second kappa shape index (κ2) is 9.28. The van der Waals surface area contributed by atoms with Gasteiger partial charge in [-0.2, -0.15) is 0 Å². The van der Waals surface area contributed by atoms with Crippen molar-refractivity contribution in [1.82, 2.24) is 0 Å². The van der Waals surface area contributed by atoms with Gasteiger partial charge < -0.3 is 14.4 Å². The fourth-order valence-electron chi connectivity index (χ4n) is 9.80. The number of rotatable bonds is 1. The van der Waals surface area contributed by atoms with Crippen molar-refractivity contribution in [2.24, 2.45) is 0 Å². The summed E-state index contributed by atoms with van der Waals surface area (Å²) in [5.41, 5.74) is 7.91. The van der Waals surface area contributed by atoms with Gasteiger partial charge in [-0.3, -0.25) is 0 Å². The van der Waals surface area contributed by atoms with Gasteiger partial charge in [0.1, 0.15) is 23.0 Å². The van der Waals surface area contributed by atoms with Crippen molar-refractivity contribution in [2.45, 2.75) is 32.6 Å². The minimum Gasteiger partial charge on any atom is -0.457 e. The van der Waals surface area contributed by atoms with Crippen LogP contribution in [0.4, 0.5) is 17.1 Å². The van der Waals surface area contributed by atoms with Crippen LogP contribution >= 0.6 is 0 Å². The minimum absolute atomic E-state index is 0.0389. The average molecular weight is 672 g/mol. The highest BCUT2D eigenvalue weighted by Gasteiger charge is 2.61. The molecule has 0 saturated heterocycles. The van der Waals surface area contributed by atoms with E-state index in [0.29, 0.717) is 0 Å². The van der Waals surface area contributed by atoms with Crippen molar-refractivity contribution >= 4 is 78.2 Å². The molecule has 8 aromatic carbocycles. The maximum absolute atomic E-state index is 7.46. The smallest absolute Gasteiger partial charge is 0.202 e. The molecule has 242 valence electrons. The summed E-state index contributed by atoms with van der Waals surface area (Å²) in [6.07, 6.45) is 0.863. The average Bonchev–Trinajstić information content (AvgIpc) is 3.16. The van der Waals surface area contributed by atoms with E-state index in [0.717, 1.165) is 45.6 Å². The first-order valence-corrected chi connectivity index (χ1v) is 20.0. The van der Waals surface area contributed by atoms with E-state index in [2.05, 4.69) is 159 Å². The predicted molar refractivity (Wildman–Crippen MR) is 212 cm³/mol. The Labute approximate surface area is 297 Å². The highest BCUT2D eigenvalue weighted by Crippen LogP contribution is 2.57. The Bertz CT molecular complexity index is 2890. The summed E-state index contributed by atoms with van der Waals surface area (Å²) in [4.78, 5) is 2.59. The van der Waals surface area contributed by atoms with E-state index in [-0.39, 0.29) is 5.41 Å². The largest absolute Gasteiger partial charge is 0.457 e. The molecule has 0 saturated carbocycles. The van der Waals surface area contributed by atoms with Gasteiger partial charge in [0.25, 0.3) is 0 Å². The van der Waals surface area contributed by atoms with E-state index in [1.807, 2.05) is 0 Å². The van der Waals surface area contributed by atoms with Crippen LogP contribution in [0.1, 0.15) is 37.5 Å². The van der Waals surface area contributed by atoms with Crippen LogP contribution in [0.3, 0.4) is 0 Å². The van der Waals surface area contributed by atoms with E-state index in [4.69, 9.17) is 9.47 Å². The molecular formula is C47H33NO2Si. The summed E-state index contributed by atoms with van der Waals surface area (Å²) in [7, 11) is -3.09. The molecule has 4 heteroatoms. The lowest BCUT2D eigenvalue weighted by Crippen LogP contribution is -2.80. The molecule has 0 amide bonds. The van der Waals surface area contributed by atoms with E-state index in [1.165, 1.54) is 70.7 Å². The Morgan fingerprint density at radius 3 is 1.92 bits per heavy atom. The Balaban J connectivity index is 1.36. The first-order chi connectivity index (χ1) is 24.9. The fourth-order valence-corrected chi connectivity index (χ4v) is 15.4. The monoisotopic (exact) mass is 671 g/mol. The molecule has 51 heavy (non-hydrogen) atoms. The second-order valence-electron chi connectivity index (χ2n) is 15.6. The third-order valence-electron chi connectivity index (χ3n) is 12.0. The summed E-state index contributed by atoms with van der Waals surface area (Å²) in [6, 6.07) is 49.6. The van der Waals surface area contributed by atoms with E-state index >= 15 is 0 Å². The fraction of sp³-hybridized carbons (Fsp3) is 0.106. The van der Waals surface area contributed by atoms with Gasteiger partial charge >= 0.3 is 0 Å². The lowest BCUT2D eigenvalue weighted by molar-refractivity contribution is 0.473. The predicted octanol–water partition coefficient (Wildman–Crippen LogP) is 9.72. The molecule has 3 nitrogen and oxygen atoms in total. The highest BCUT2D eigenvalue weighted by molar-refractivity contribution is 7.23. The molecule has 0 N–H and O–H groups in total. The van der Waals surface area contributed by atoms with Gasteiger partial charge in [-0.05, 0) is 61.6 Å². The summed E-state index contributed by atoms with van der Waals surface area (Å²) in [5.74, 6) is 3.85. The van der Waals surface area contributed by atoms with Gasteiger partial charge in [-0.15, -0.1) is 0 Å². The molecule has 1 unspecified atom stereocenters. The Morgan fingerprint density at radius 1 is 0.549 bits per heavy atom. The molecule has 0 bridgehead atoms. The van der Waals surface area contributed by atoms with Gasteiger partial charge in [0.2, 0.25) is 8.07 Å². The molecule has 4 heterocycles. The molecule has 4 aliphatic heterocycles. The Kier molecular flexibility index (Phi) is 5.08. The Morgan fingerprint density at radius 2 is 1.18 bits per heavy atom. The summed E-state index contributed by atoms with van der Waals surface area (Å²) in [5, 5.41) is 12.3. The van der Waals surface area contributed by atoms with Crippen LogP contribution in [-0.2, 0) is 11.8 Å². The van der Waals surface area contributed by atoms with Crippen LogP contribution in [0, 0.1) is 0 Å². The molecule has 8 aromatic rings. The standard InChI is InChI=1S/C47H33NO2Si/c1-47(2,3)30-21-22-37-29(23-30)24-36-34-19-11-12-20-35(34)43-46-40(36)48(37)38-25-27-13-7-9-17-32(27)41-44(38)51(46,31-15-5-4-6-16-31)45-39(49-41)26-28-14-8-10-18-33(28)42(45)50-43/h4-23,25-26H,24H2,1-3H3. The number of hydrogen-bond donors (Lipinski definition) is 0. The molecule has 0 fully saturated rings. The van der Waals surface area contributed by atoms with Crippen LogP contribution in [0.2, 0.25) is 0 Å². The molecule has 0 spiro atoms. The van der Waals surface area contributed by atoms with Crippen molar-refractivity contribution in [2.75, 3.05) is 4.90 Å². The number of fused-ring (bicyclic) bond motifs is 10. The van der Waals surface area contributed by atoms with E-state index < -0.39 is 8.07 Å². The van der Waals surface area contributed by atoms with Crippen LogP contribution in [0.25, 0.3) is 32.3 Å². The second-order valence-corrected chi connectivity index (χ2v) is 19.2. The third-order valence-corrected chi connectivity index (χ3v) is 16.8. The zero-order valence-electron chi connectivity index (χ0n) is 28.7. The first kappa shape index (κ1) is 27.9. The van der Waals surface area contributed by atoms with Crippen molar-refractivity contribution in [3.8, 4) is 23.0 Å². The zero-order valence-corrected chi connectivity index (χ0v) is 29.7. The molecule has 0 aliphatic carbocycles. The van der Waals surface area contributed by atoms with Gasteiger partial charge in [0.15, 0.2) is 0 Å². The number of benzene rings is 8. The minimum atomic E-state index is -3.09. The highest BCUT2D eigenvalue weighted by atomic mass is 28.3.